The van der Waals surface area contributed by atoms with Gasteiger partial charge in [-0.3, -0.25) is 9.69 Å². The van der Waals surface area contributed by atoms with Crippen molar-refractivity contribution in [3.8, 4) is 11.5 Å². The number of aryl methyl sites for hydroxylation is 2. The summed E-state index contributed by atoms with van der Waals surface area (Å²) >= 11 is 0. The van der Waals surface area contributed by atoms with E-state index in [2.05, 4.69) is 10.1 Å². The number of aromatic nitrogens is 1. The molecule has 1 aromatic carbocycles. The second-order valence-electron chi connectivity index (χ2n) is 6.83. The second-order valence-corrected chi connectivity index (χ2v) is 6.83. The van der Waals surface area contributed by atoms with Crippen LogP contribution in [0.1, 0.15) is 33.8 Å². The Bertz CT molecular complexity index is 761. The van der Waals surface area contributed by atoms with Crippen LogP contribution in [-0.4, -0.2) is 61.3 Å². The quantitative estimate of drug-likeness (QED) is 0.803. The maximum absolute atomic E-state index is 13.0. The van der Waals surface area contributed by atoms with Crippen LogP contribution in [0, 0.1) is 13.8 Å². The lowest BCUT2D eigenvalue weighted by Gasteiger charge is -2.22. The van der Waals surface area contributed by atoms with E-state index >= 15 is 0 Å². The molecule has 0 unspecified atom stereocenters. The minimum Gasteiger partial charge on any atom is -0.497 e. The molecular weight excluding hydrogens is 346 g/mol. The number of hydrogen-bond acceptors (Lipinski definition) is 6. The van der Waals surface area contributed by atoms with Gasteiger partial charge in [0.1, 0.15) is 17.3 Å². The highest BCUT2D eigenvalue weighted by Crippen LogP contribution is 2.24. The van der Waals surface area contributed by atoms with Crippen LogP contribution >= 0.6 is 0 Å². The molecular formula is C20H27N3O4. The van der Waals surface area contributed by atoms with E-state index in [0.717, 1.165) is 49.6 Å². The molecule has 1 aromatic heterocycles. The van der Waals surface area contributed by atoms with Crippen LogP contribution in [0.2, 0.25) is 0 Å². The smallest absolute Gasteiger partial charge is 0.254 e. The van der Waals surface area contributed by atoms with Crippen LogP contribution < -0.4 is 9.47 Å². The molecule has 0 aliphatic carbocycles. The van der Waals surface area contributed by atoms with Gasteiger partial charge in [0.15, 0.2) is 0 Å². The van der Waals surface area contributed by atoms with Crippen molar-refractivity contribution in [2.45, 2.75) is 26.8 Å². The first-order valence-corrected chi connectivity index (χ1v) is 9.18. The molecule has 0 radical (unpaired) electrons. The number of carbonyl (C=O) groups is 1. The highest BCUT2D eigenvalue weighted by Gasteiger charge is 2.22. The van der Waals surface area contributed by atoms with Gasteiger partial charge in [0.05, 0.1) is 19.9 Å². The van der Waals surface area contributed by atoms with E-state index < -0.39 is 0 Å². The first kappa shape index (κ1) is 19.2. The van der Waals surface area contributed by atoms with Crippen molar-refractivity contribution in [1.82, 2.24) is 15.0 Å². The Hall–Kier alpha value is -2.54. The molecule has 2 aromatic rings. The van der Waals surface area contributed by atoms with Crippen LogP contribution in [0.15, 0.2) is 22.7 Å². The van der Waals surface area contributed by atoms with E-state index in [0.29, 0.717) is 23.6 Å². The summed E-state index contributed by atoms with van der Waals surface area (Å²) in [5.74, 6) is 2.11. The molecule has 1 fully saturated rings. The molecule has 1 aliphatic rings. The minimum atomic E-state index is 0.00592. The van der Waals surface area contributed by atoms with Crippen molar-refractivity contribution in [1.29, 1.82) is 0 Å². The van der Waals surface area contributed by atoms with Crippen LogP contribution in [0.4, 0.5) is 0 Å². The fourth-order valence-electron chi connectivity index (χ4n) is 3.40. The predicted octanol–water partition coefficient (Wildman–Crippen LogP) is 2.66. The molecule has 1 saturated heterocycles. The molecule has 0 saturated carbocycles. The summed E-state index contributed by atoms with van der Waals surface area (Å²) in [7, 11) is 3.17. The highest BCUT2D eigenvalue weighted by atomic mass is 16.5. The first-order valence-electron chi connectivity index (χ1n) is 9.18. The fourth-order valence-corrected chi connectivity index (χ4v) is 3.40. The zero-order valence-corrected chi connectivity index (χ0v) is 16.4. The van der Waals surface area contributed by atoms with Crippen molar-refractivity contribution in [2.75, 3.05) is 40.4 Å². The molecule has 0 spiro atoms. The zero-order valence-electron chi connectivity index (χ0n) is 16.4. The average Bonchev–Trinajstić information content (AvgIpc) is 2.88. The summed E-state index contributed by atoms with van der Waals surface area (Å²) in [5.41, 5.74) is 2.67. The molecule has 7 nitrogen and oxygen atoms in total. The van der Waals surface area contributed by atoms with Crippen molar-refractivity contribution in [2.24, 2.45) is 0 Å². The number of hydrogen-bond donors (Lipinski definition) is 0. The van der Waals surface area contributed by atoms with Gasteiger partial charge in [-0.15, -0.1) is 0 Å². The van der Waals surface area contributed by atoms with Gasteiger partial charge in [0.2, 0.25) is 0 Å². The Morgan fingerprint density at radius 3 is 2.37 bits per heavy atom. The molecule has 0 atom stereocenters. The van der Waals surface area contributed by atoms with Crippen LogP contribution in [0.3, 0.4) is 0 Å². The van der Waals surface area contributed by atoms with Gasteiger partial charge in [-0.2, -0.15) is 0 Å². The summed E-state index contributed by atoms with van der Waals surface area (Å²) in [4.78, 5) is 17.2. The lowest BCUT2D eigenvalue weighted by atomic mass is 10.1. The van der Waals surface area contributed by atoms with Crippen molar-refractivity contribution >= 4 is 5.91 Å². The van der Waals surface area contributed by atoms with Crippen molar-refractivity contribution < 1.29 is 18.8 Å². The number of carbonyl (C=O) groups excluding carboxylic acids is 1. The lowest BCUT2D eigenvalue weighted by Crippen LogP contribution is -2.35. The number of rotatable bonds is 5. The standard InChI is InChI=1S/C20H27N3O4/c1-14-19(15(2)27-21-14)13-22-6-5-7-23(9-8-22)20(24)16-10-17(25-3)12-18(11-16)26-4/h10-12H,5-9,13H2,1-4H3. The SMILES string of the molecule is COc1cc(OC)cc(C(=O)N2CCCN(Cc3c(C)noc3C)CC2)c1. The third-order valence-corrected chi connectivity index (χ3v) is 5.04. The molecule has 146 valence electrons. The third-order valence-electron chi connectivity index (χ3n) is 5.04. The normalized spacial score (nSPS) is 15.5. The second kappa shape index (κ2) is 8.43. The number of benzene rings is 1. The maximum atomic E-state index is 13.0. The predicted molar refractivity (Wildman–Crippen MR) is 101 cm³/mol. The van der Waals surface area contributed by atoms with Crippen LogP contribution in [-0.2, 0) is 6.54 Å². The van der Waals surface area contributed by atoms with E-state index in [4.69, 9.17) is 14.0 Å². The summed E-state index contributed by atoms with van der Waals surface area (Å²) in [6, 6.07) is 5.29. The molecule has 0 bridgehead atoms. The Morgan fingerprint density at radius 1 is 1.07 bits per heavy atom. The van der Waals surface area contributed by atoms with E-state index in [1.54, 1.807) is 32.4 Å². The largest absolute Gasteiger partial charge is 0.497 e. The first-order chi connectivity index (χ1) is 13.0. The Kier molecular flexibility index (Phi) is 6.01. The summed E-state index contributed by atoms with van der Waals surface area (Å²) in [6.45, 7) is 7.88. The Morgan fingerprint density at radius 2 is 1.78 bits per heavy atom. The highest BCUT2D eigenvalue weighted by molar-refractivity contribution is 5.95. The molecule has 27 heavy (non-hydrogen) atoms. The fraction of sp³-hybridized carbons (Fsp3) is 0.500. The molecule has 1 aliphatic heterocycles. The van der Waals surface area contributed by atoms with Crippen molar-refractivity contribution in [3.05, 3.63) is 40.8 Å². The van der Waals surface area contributed by atoms with Crippen LogP contribution in [0.25, 0.3) is 0 Å². The van der Waals surface area contributed by atoms with Gasteiger partial charge >= 0.3 is 0 Å². The number of ether oxygens (including phenoxy) is 2. The molecule has 0 N–H and O–H groups in total. The van der Waals surface area contributed by atoms with Gasteiger partial charge < -0.3 is 18.9 Å². The van der Waals surface area contributed by atoms with Gasteiger partial charge in [-0.25, -0.2) is 0 Å². The molecule has 1 amide bonds. The minimum absolute atomic E-state index is 0.00592. The monoisotopic (exact) mass is 373 g/mol. The van der Waals surface area contributed by atoms with Crippen molar-refractivity contribution in [3.63, 3.8) is 0 Å². The van der Waals surface area contributed by atoms with E-state index in [-0.39, 0.29) is 5.91 Å². The number of methoxy groups -OCH3 is 2. The number of nitrogens with zero attached hydrogens (tertiary/aromatic N) is 3. The number of amides is 1. The van der Waals surface area contributed by atoms with Gasteiger partial charge in [0.25, 0.3) is 5.91 Å². The molecule has 7 heteroatoms. The van der Waals surface area contributed by atoms with Gasteiger partial charge in [-0.1, -0.05) is 5.16 Å². The Labute approximate surface area is 159 Å². The summed E-state index contributed by atoms with van der Waals surface area (Å²) in [6.07, 6.45) is 0.927. The summed E-state index contributed by atoms with van der Waals surface area (Å²) in [5, 5.41) is 4.03. The summed E-state index contributed by atoms with van der Waals surface area (Å²) < 4.78 is 15.8. The average molecular weight is 373 g/mol. The van der Waals surface area contributed by atoms with Gasteiger partial charge in [0, 0.05) is 49.9 Å². The van der Waals surface area contributed by atoms with E-state index in [9.17, 15) is 4.79 Å². The zero-order chi connectivity index (χ0) is 19.4. The van der Waals surface area contributed by atoms with E-state index in [1.807, 2.05) is 18.7 Å². The Balaban J connectivity index is 1.68. The van der Waals surface area contributed by atoms with E-state index in [1.165, 1.54) is 0 Å². The molecule has 3 rings (SSSR count). The third kappa shape index (κ3) is 4.42. The lowest BCUT2D eigenvalue weighted by molar-refractivity contribution is 0.0760. The molecule has 2 heterocycles. The maximum Gasteiger partial charge on any atom is 0.254 e. The topological polar surface area (TPSA) is 68.0 Å². The van der Waals surface area contributed by atoms with Gasteiger partial charge in [-0.05, 0) is 32.4 Å². The van der Waals surface area contributed by atoms with Crippen LogP contribution in [0.5, 0.6) is 11.5 Å².